The van der Waals surface area contributed by atoms with Gasteiger partial charge in [-0.1, -0.05) is 29.8 Å². The summed E-state index contributed by atoms with van der Waals surface area (Å²) in [6.45, 7) is 3.93. The molecule has 3 aliphatic heterocycles. The quantitative estimate of drug-likeness (QED) is 0.646. The van der Waals surface area contributed by atoms with Crippen molar-refractivity contribution >= 4 is 29.3 Å². The first-order valence-corrected chi connectivity index (χ1v) is 13.2. The minimum atomic E-state index is -0.956. The lowest BCUT2D eigenvalue weighted by atomic mass is 9.95. The Bertz CT molecular complexity index is 1160. The molecule has 3 aliphatic rings. The van der Waals surface area contributed by atoms with Crippen LogP contribution in [0.1, 0.15) is 52.0 Å². The molecule has 9 heteroatoms. The van der Waals surface area contributed by atoms with E-state index in [1.54, 1.807) is 40.1 Å². The van der Waals surface area contributed by atoms with Gasteiger partial charge >= 0.3 is 0 Å². The molecule has 8 nitrogen and oxygen atoms in total. The van der Waals surface area contributed by atoms with Crippen LogP contribution < -0.4 is 5.32 Å². The number of rotatable bonds is 5. The van der Waals surface area contributed by atoms with Gasteiger partial charge in [-0.3, -0.25) is 19.3 Å². The molecule has 0 saturated carbocycles. The smallest absolute Gasteiger partial charge is 0.257 e. The molecule has 2 atom stereocenters. The van der Waals surface area contributed by atoms with Gasteiger partial charge in [0.05, 0.1) is 12.7 Å². The van der Waals surface area contributed by atoms with Gasteiger partial charge in [0, 0.05) is 55.2 Å². The van der Waals surface area contributed by atoms with Crippen LogP contribution in [0.4, 0.5) is 0 Å². The van der Waals surface area contributed by atoms with Crippen molar-refractivity contribution in [3.63, 3.8) is 0 Å². The Morgan fingerprint density at radius 3 is 2.46 bits per heavy atom. The molecule has 196 valence electrons. The number of piperidine rings is 1. The summed E-state index contributed by atoms with van der Waals surface area (Å²) in [6.07, 6.45) is 2.73. The van der Waals surface area contributed by atoms with Gasteiger partial charge in [-0.05, 0) is 55.7 Å². The molecular weight excluding hydrogens is 494 g/mol. The average Bonchev–Trinajstić information content (AvgIpc) is 3.56. The summed E-state index contributed by atoms with van der Waals surface area (Å²) in [5.74, 6) is -0.563. The van der Waals surface area contributed by atoms with Gasteiger partial charge in [-0.15, -0.1) is 0 Å². The van der Waals surface area contributed by atoms with Gasteiger partial charge in [0.1, 0.15) is 11.8 Å². The molecule has 0 radical (unpaired) electrons. The van der Waals surface area contributed by atoms with Crippen molar-refractivity contribution in [3.05, 3.63) is 70.2 Å². The number of aryl methyl sites for hydroxylation is 1. The van der Waals surface area contributed by atoms with Crippen LogP contribution >= 0.6 is 11.6 Å². The molecule has 0 aromatic heterocycles. The van der Waals surface area contributed by atoms with Crippen LogP contribution in [0, 0.1) is 6.92 Å². The molecule has 37 heavy (non-hydrogen) atoms. The van der Waals surface area contributed by atoms with E-state index >= 15 is 0 Å². The number of carbonyl (C=O) groups is 3. The number of benzene rings is 2. The maximum atomic E-state index is 13.9. The van der Waals surface area contributed by atoms with E-state index in [0.29, 0.717) is 55.2 Å². The SMILES string of the molecule is Cc1ccccc1C(=O)N1C(C(=O)NCC2CCCO2)COC12CCN(C(=O)c1ccc(Cl)cc1)CC2. The Morgan fingerprint density at radius 2 is 1.78 bits per heavy atom. The fourth-order valence-electron chi connectivity index (χ4n) is 5.48. The molecule has 3 saturated heterocycles. The Labute approximate surface area is 221 Å². The fourth-order valence-corrected chi connectivity index (χ4v) is 5.61. The number of likely N-dealkylation sites (tertiary alicyclic amines) is 1. The minimum Gasteiger partial charge on any atom is -0.376 e. The Kier molecular flexibility index (Phi) is 7.51. The van der Waals surface area contributed by atoms with Gasteiger partial charge in [0.2, 0.25) is 5.91 Å². The molecular formula is C28H32ClN3O5. The maximum absolute atomic E-state index is 13.9. The van der Waals surface area contributed by atoms with E-state index < -0.39 is 11.8 Å². The van der Waals surface area contributed by atoms with Gasteiger partial charge in [-0.25, -0.2) is 0 Å². The number of nitrogens with zero attached hydrogens (tertiary/aromatic N) is 2. The third-order valence-corrected chi connectivity index (χ3v) is 7.86. The molecule has 2 aromatic rings. The summed E-state index contributed by atoms with van der Waals surface area (Å²) in [7, 11) is 0. The zero-order valence-electron chi connectivity index (χ0n) is 21.0. The normalized spacial score (nSPS) is 22.9. The van der Waals surface area contributed by atoms with Crippen molar-refractivity contribution in [1.82, 2.24) is 15.1 Å². The van der Waals surface area contributed by atoms with E-state index in [-0.39, 0.29) is 30.4 Å². The molecule has 1 N–H and O–H groups in total. The Morgan fingerprint density at radius 1 is 1.05 bits per heavy atom. The topological polar surface area (TPSA) is 88.2 Å². The van der Waals surface area contributed by atoms with E-state index in [1.165, 1.54) is 0 Å². The van der Waals surface area contributed by atoms with Gasteiger partial charge in [-0.2, -0.15) is 0 Å². The zero-order valence-corrected chi connectivity index (χ0v) is 21.7. The van der Waals surface area contributed by atoms with Crippen molar-refractivity contribution < 1.29 is 23.9 Å². The van der Waals surface area contributed by atoms with Gasteiger partial charge in [0.25, 0.3) is 11.8 Å². The van der Waals surface area contributed by atoms with Crippen molar-refractivity contribution in [2.24, 2.45) is 0 Å². The zero-order chi connectivity index (χ0) is 26.0. The molecule has 3 heterocycles. The van der Waals surface area contributed by atoms with E-state index in [4.69, 9.17) is 21.1 Å². The molecule has 0 bridgehead atoms. The van der Waals surface area contributed by atoms with Crippen LogP contribution in [0.3, 0.4) is 0 Å². The lowest BCUT2D eigenvalue weighted by molar-refractivity contribution is -0.128. The predicted molar refractivity (Wildman–Crippen MR) is 138 cm³/mol. The number of nitrogens with one attached hydrogen (secondary N) is 1. The number of amides is 3. The van der Waals surface area contributed by atoms with Crippen molar-refractivity contribution in [3.8, 4) is 0 Å². The second kappa shape index (κ2) is 10.8. The van der Waals surface area contributed by atoms with Crippen molar-refractivity contribution in [1.29, 1.82) is 0 Å². The van der Waals surface area contributed by atoms with Gasteiger partial charge < -0.3 is 19.7 Å². The molecule has 3 fully saturated rings. The first-order valence-electron chi connectivity index (χ1n) is 12.9. The molecule has 2 aromatic carbocycles. The maximum Gasteiger partial charge on any atom is 0.257 e. The summed E-state index contributed by atoms with van der Waals surface area (Å²) in [5, 5.41) is 3.55. The number of halogens is 1. The van der Waals surface area contributed by atoms with Crippen LogP contribution in [-0.4, -0.2) is 78.2 Å². The summed E-state index contributed by atoms with van der Waals surface area (Å²) < 4.78 is 11.9. The summed E-state index contributed by atoms with van der Waals surface area (Å²) >= 11 is 5.97. The first-order chi connectivity index (χ1) is 17.9. The lowest BCUT2D eigenvalue weighted by Gasteiger charge is -2.44. The molecule has 3 amide bonds. The standard InChI is InChI=1S/C28H32ClN3O5/c1-19-5-2-3-7-23(19)27(35)32-24(25(33)30-17-22-6-4-16-36-22)18-37-28(32)12-14-31(15-13-28)26(34)20-8-10-21(29)11-9-20/h2-3,5,7-11,22,24H,4,6,12-18H2,1H3,(H,30,33). The van der Waals surface area contributed by atoms with Crippen molar-refractivity contribution in [2.45, 2.75) is 50.5 Å². The van der Waals surface area contributed by atoms with Crippen LogP contribution in [0.15, 0.2) is 48.5 Å². The summed E-state index contributed by atoms with van der Waals surface area (Å²) in [5.41, 5.74) is 0.987. The van der Waals surface area contributed by atoms with E-state index in [1.807, 2.05) is 25.1 Å². The number of ether oxygens (including phenoxy) is 2. The third-order valence-electron chi connectivity index (χ3n) is 7.61. The highest BCUT2D eigenvalue weighted by Gasteiger charge is 2.54. The Balaban J connectivity index is 1.35. The lowest BCUT2D eigenvalue weighted by Crippen LogP contribution is -2.60. The van der Waals surface area contributed by atoms with E-state index in [2.05, 4.69) is 5.32 Å². The summed E-state index contributed by atoms with van der Waals surface area (Å²) in [4.78, 5) is 43.7. The number of hydrogen-bond acceptors (Lipinski definition) is 5. The summed E-state index contributed by atoms with van der Waals surface area (Å²) in [6, 6.07) is 13.4. The van der Waals surface area contributed by atoms with Crippen LogP contribution in [0.2, 0.25) is 5.02 Å². The first kappa shape index (κ1) is 25.7. The molecule has 2 unspecified atom stereocenters. The molecule has 5 rings (SSSR count). The predicted octanol–water partition coefficient (Wildman–Crippen LogP) is 3.42. The largest absolute Gasteiger partial charge is 0.376 e. The van der Waals surface area contributed by atoms with Crippen LogP contribution in [0.25, 0.3) is 0 Å². The van der Waals surface area contributed by atoms with E-state index in [9.17, 15) is 14.4 Å². The second-order valence-electron chi connectivity index (χ2n) is 9.94. The molecule has 1 spiro atoms. The highest BCUT2D eigenvalue weighted by atomic mass is 35.5. The van der Waals surface area contributed by atoms with Crippen LogP contribution in [0.5, 0.6) is 0 Å². The van der Waals surface area contributed by atoms with Gasteiger partial charge in [0.15, 0.2) is 0 Å². The average molecular weight is 526 g/mol. The second-order valence-corrected chi connectivity index (χ2v) is 10.4. The Hall–Kier alpha value is -2.94. The van der Waals surface area contributed by atoms with Crippen LogP contribution in [-0.2, 0) is 14.3 Å². The highest BCUT2D eigenvalue weighted by Crippen LogP contribution is 2.39. The minimum absolute atomic E-state index is 0.00266. The van der Waals surface area contributed by atoms with E-state index in [0.717, 1.165) is 18.4 Å². The fraction of sp³-hybridized carbons (Fsp3) is 0.464. The highest BCUT2D eigenvalue weighted by molar-refractivity contribution is 6.30. The monoisotopic (exact) mass is 525 g/mol. The third kappa shape index (κ3) is 5.23. The van der Waals surface area contributed by atoms with Crippen molar-refractivity contribution in [2.75, 3.05) is 32.8 Å². The number of hydrogen-bond donors (Lipinski definition) is 1. The number of carbonyl (C=O) groups excluding carboxylic acids is 3. The molecule has 0 aliphatic carbocycles.